The van der Waals surface area contributed by atoms with E-state index in [1.807, 2.05) is 60.7 Å². The van der Waals surface area contributed by atoms with Gasteiger partial charge in [-0.1, -0.05) is 84.3 Å². The van der Waals surface area contributed by atoms with E-state index in [1.165, 1.54) is 60.7 Å². The van der Waals surface area contributed by atoms with E-state index in [0.717, 1.165) is 19.6 Å². The summed E-state index contributed by atoms with van der Waals surface area (Å²) in [4.78, 5) is 114. The smallest absolute Gasteiger partial charge is 0.266 e. The molecule has 0 atom stereocenters. The molecule has 4 heterocycles. The summed E-state index contributed by atoms with van der Waals surface area (Å²) in [5.41, 5.74) is 3.46. The van der Waals surface area contributed by atoms with Crippen LogP contribution >= 0.6 is 0 Å². The molecule has 73 heavy (non-hydrogen) atoms. The Morgan fingerprint density at radius 3 is 0.877 bits per heavy atom. The van der Waals surface area contributed by atoms with Gasteiger partial charge < -0.3 is 4.74 Å². The van der Waals surface area contributed by atoms with Crippen LogP contribution in [0.5, 0.6) is 11.5 Å². The van der Waals surface area contributed by atoms with Gasteiger partial charge in [-0.3, -0.25) is 38.4 Å². The number of hydrogen-bond donors (Lipinski definition) is 0. The summed E-state index contributed by atoms with van der Waals surface area (Å²) in [5.74, 6) is 8.06. The first-order valence-electron chi connectivity index (χ1n) is 22.7. The summed E-state index contributed by atoms with van der Waals surface area (Å²) in [6.07, 6.45) is 0. The molecule has 8 aromatic carbocycles. The number of ether oxygens (including phenoxy) is 1. The Bertz CT molecular complexity index is 3920. The van der Waals surface area contributed by atoms with Crippen LogP contribution in [-0.2, 0) is 0 Å². The van der Waals surface area contributed by atoms with Crippen LogP contribution < -0.4 is 24.3 Å². The summed E-state index contributed by atoms with van der Waals surface area (Å²) < 4.78 is 6.58. The highest BCUT2D eigenvalue weighted by Gasteiger charge is 2.43. The van der Waals surface area contributed by atoms with E-state index in [9.17, 15) is 38.4 Å². The lowest BCUT2D eigenvalue weighted by molar-refractivity contribution is 0.0908. The Morgan fingerprint density at radius 2 is 0.534 bits per heavy atom. The number of imide groups is 4. The van der Waals surface area contributed by atoms with Crippen molar-refractivity contribution in [1.82, 2.24) is 0 Å². The van der Waals surface area contributed by atoms with Crippen LogP contribution in [0.1, 0.15) is 105 Å². The first-order chi connectivity index (χ1) is 35.5. The van der Waals surface area contributed by atoms with E-state index in [1.54, 1.807) is 60.7 Å². The second kappa shape index (κ2) is 17.0. The van der Waals surface area contributed by atoms with E-state index in [0.29, 0.717) is 16.7 Å². The molecule has 13 nitrogen and oxygen atoms in total. The minimum atomic E-state index is -0.753. The highest BCUT2D eigenvalue weighted by atomic mass is 16.5. The van der Waals surface area contributed by atoms with Crippen LogP contribution in [0.2, 0.25) is 0 Å². The number of rotatable bonds is 6. The Kier molecular flexibility index (Phi) is 10.2. The Labute approximate surface area is 415 Å². The number of amides is 8. The third kappa shape index (κ3) is 7.16. The molecular formula is C60H30N4O9. The maximum absolute atomic E-state index is 14.4. The lowest BCUT2D eigenvalue weighted by Crippen LogP contribution is -2.30. The van der Waals surface area contributed by atoms with Crippen molar-refractivity contribution in [3.05, 3.63) is 249 Å². The molecule has 12 rings (SSSR count). The highest BCUT2D eigenvalue weighted by Crippen LogP contribution is 2.40. The van der Waals surface area contributed by atoms with Gasteiger partial charge >= 0.3 is 0 Å². The zero-order valence-electron chi connectivity index (χ0n) is 37.8. The van der Waals surface area contributed by atoms with E-state index >= 15 is 0 Å². The number of nitrogens with zero attached hydrogens (tertiary/aromatic N) is 4. The number of hydrogen-bond acceptors (Lipinski definition) is 9. The Balaban J connectivity index is 0.865. The molecule has 0 aliphatic carbocycles. The molecule has 0 radical (unpaired) electrons. The molecule has 0 unspecified atom stereocenters. The Morgan fingerprint density at radius 1 is 0.260 bits per heavy atom. The van der Waals surface area contributed by atoms with Crippen LogP contribution in [0, 0.1) is 23.7 Å². The molecule has 0 N–H and O–H groups in total. The van der Waals surface area contributed by atoms with Crippen LogP contribution in [0.25, 0.3) is 0 Å². The van der Waals surface area contributed by atoms with E-state index in [2.05, 4.69) is 23.7 Å². The molecule has 4 aliphatic heterocycles. The minimum Gasteiger partial charge on any atom is -0.455 e. The maximum atomic E-state index is 14.4. The van der Waals surface area contributed by atoms with Gasteiger partial charge in [-0.15, -0.1) is 0 Å². The van der Waals surface area contributed by atoms with Crippen LogP contribution in [0.15, 0.2) is 182 Å². The van der Waals surface area contributed by atoms with E-state index in [4.69, 9.17) is 4.74 Å². The van der Waals surface area contributed by atoms with Crippen LogP contribution in [0.4, 0.5) is 22.7 Å². The van der Waals surface area contributed by atoms with Crippen molar-refractivity contribution < 1.29 is 43.1 Å². The number of anilines is 4. The first-order valence-corrected chi connectivity index (χ1v) is 22.7. The molecule has 0 bridgehead atoms. The van der Waals surface area contributed by atoms with Gasteiger partial charge in [-0.25, -0.2) is 19.6 Å². The van der Waals surface area contributed by atoms with E-state index < -0.39 is 47.3 Å². The largest absolute Gasteiger partial charge is 0.455 e. The van der Waals surface area contributed by atoms with Crippen molar-refractivity contribution in [1.29, 1.82) is 0 Å². The zero-order chi connectivity index (χ0) is 50.1. The fourth-order valence-corrected chi connectivity index (χ4v) is 9.18. The molecule has 0 aromatic heterocycles. The number of carbonyl (C=O) groups is 8. The molecule has 13 heteroatoms. The molecule has 8 amide bonds. The first kappa shape index (κ1) is 43.5. The summed E-state index contributed by atoms with van der Waals surface area (Å²) >= 11 is 0. The van der Waals surface area contributed by atoms with Gasteiger partial charge in [-0.2, -0.15) is 0 Å². The van der Waals surface area contributed by atoms with Gasteiger partial charge in [0.1, 0.15) is 11.5 Å². The summed E-state index contributed by atoms with van der Waals surface area (Å²) in [7, 11) is 0. The summed E-state index contributed by atoms with van der Waals surface area (Å²) in [6, 6.07) is 48.9. The van der Waals surface area contributed by atoms with E-state index in [-0.39, 0.29) is 84.3 Å². The summed E-state index contributed by atoms with van der Waals surface area (Å²) in [6.45, 7) is 0. The molecule has 8 aromatic rings. The van der Waals surface area contributed by atoms with Crippen molar-refractivity contribution >= 4 is 70.0 Å². The Hall–Kier alpha value is -10.8. The summed E-state index contributed by atoms with van der Waals surface area (Å²) in [5, 5.41) is 0. The second-order valence-corrected chi connectivity index (χ2v) is 17.0. The van der Waals surface area contributed by atoms with Gasteiger partial charge in [0.25, 0.3) is 47.3 Å². The van der Waals surface area contributed by atoms with Crippen molar-refractivity contribution in [3.63, 3.8) is 0 Å². The topological polar surface area (TPSA) is 159 Å². The second-order valence-electron chi connectivity index (χ2n) is 17.0. The quantitative estimate of drug-likeness (QED) is 0.117. The van der Waals surface area contributed by atoms with Crippen molar-refractivity contribution in [3.8, 4) is 35.2 Å². The molecule has 344 valence electrons. The monoisotopic (exact) mass is 950 g/mol. The molecule has 4 aliphatic rings. The number of benzene rings is 8. The van der Waals surface area contributed by atoms with Gasteiger partial charge in [-0.05, 0) is 121 Å². The lowest BCUT2D eigenvalue weighted by atomic mass is 10.1. The average Bonchev–Trinajstić information content (AvgIpc) is 4.03. The molecule has 0 saturated carbocycles. The fraction of sp³-hybridized carbons (Fsp3) is 0. The number of carbonyl (C=O) groups excluding carboxylic acids is 8. The van der Waals surface area contributed by atoms with Gasteiger partial charge in [0.05, 0.1) is 78.4 Å². The SMILES string of the molecule is O=C1c2ccccc2C(=O)N1c1ccc(Oc2ccc(N3C(=O)c4ccc(N5C(=O)c6ccc(N7C(=O)c8ccccc8C7=O)cc6C5=O)cc4C3=O)cc2C#Cc2ccccc2)c(C#Cc2ccccc2)c1. The van der Waals surface area contributed by atoms with Crippen LogP contribution in [0.3, 0.4) is 0 Å². The van der Waals surface area contributed by atoms with Gasteiger partial charge in [0, 0.05) is 11.1 Å². The maximum Gasteiger partial charge on any atom is 0.266 e. The molecular weight excluding hydrogens is 921 g/mol. The van der Waals surface area contributed by atoms with Crippen molar-refractivity contribution in [2.24, 2.45) is 0 Å². The third-order valence-electron chi connectivity index (χ3n) is 12.7. The highest BCUT2D eigenvalue weighted by molar-refractivity contribution is 6.39. The van der Waals surface area contributed by atoms with Crippen molar-refractivity contribution in [2.75, 3.05) is 19.6 Å². The standard InChI is InChI=1S/C60H30N4O9/c65-53-43-15-7-8-16-44(43)54(66)61(53)39-25-29-51(37(31-39)21-19-35-11-3-1-4-12-35)73-52-30-26-40(32-38(52)22-20-36-13-5-2-6-14-36)62-57(69)47-28-24-42(34-49(47)59(62)71)64-58(70)48-27-23-41(33-50(48)60(64)72)63-55(67)45-17-9-10-18-46(45)56(63)68/h1-18,23-34H. The van der Waals surface area contributed by atoms with Gasteiger partial charge in [0.2, 0.25) is 0 Å². The predicted molar refractivity (Wildman–Crippen MR) is 268 cm³/mol. The number of fused-ring (bicyclic) bond motifs is 4. The molecule has 0 saturated heterocycles. The van der Waals surface area contributed by atoms with Crippen molar-refractivity contribution in [2.45, 2.75) is 0 Å². The fourth-order valence-electron chi connectivity index (χ4n) is 9.18. The van der Waals surface area contributed by atoms with Crippen LogP contribution in [-0.4, -0.2) is 47.3 Å². The normalized spacial score (nSPS) is 14.2. The molecule has 0 spiro atoms. The lowest BCUT2D eigenvalue weighted by Gasteiger charge is -2.18. The van der Waals surface area contributed by atoms with Gasteiger partial charge in [0.15, 0.2) is 0 Å². The third-order valence-corrected chi connectivity index (χ3v) is 12.7. The molecule has 0 fully saturated rings. The zero-order valence-corrected chi connectivity index (χ0v) is 37.8. The predicted octanol–water partition coefficient (Wildman–Crippen LogP) is 9.48. The minimum absolute atomic E-state index is 0.0218. The average molecular weight is 951 g/mol.